The lowest BCUT2D eigenvalue weighted by molar-refractivity contribution is -0.137. The number of anilines is 2. The van der Waals surface area contributed by atoms with E-state index in [9.17, 15) is 18.0 Å². The molecule has 1 heterocycles. The van der Waals surface area contributed by atoms with E-state index >= 15 is 0 Å². The van der Waals surface area contributed by atoms with E-state index < -0.39 is 11.7 Å². The Labute approximate surface area is 114 Å². The molecule has 1 aliphatic rings. The third-order valence-corrected chi connectivity index (χ3v) is 3.22. The quantitative estimate of drug-likeness (QED) is 0.822. The number of benzene rings is 1. The predicted octanol–water partition coefficient (Wildman–Crippen LogP) is 2.65. The van der Waals surface area contributed by atoms with Gasteiger partial charge in [0, 0.05) is 30.5 Å². The molecule has 0 bridgehead atoms. The minimum atomic E-state index is -4.54. The summed E-state index contributed by atoms with van der Waals surface area (Å²) in [6, 6.07) is 3.36. The number of nitrogen functional groups attached to an aromatic ring is 1. The van der Waals surface area contributed by atoms with Gasteiger partial charge in [-0.25, -0.2) is 0 Å². The van der Waals surface area contributed by atoms with Crippen LogP contribution in [0.4, 0.5) is 24.5 Å². The highest BCUT2D eigenvalue weighted by Gasteiger charge is 2.33. The Balaban J connectivity index is 2.11. The van der Waals surface area contributed by atoms with Crippen LogP contribution in [0.25, 0.3) is 0 Å². The molecule has 0 unspecified atom stereocenters. The molecule has 1 aliphatic heterocycles. The van der Waals surface area contributed by atoms with E-state index in [1.165, 1.54) is 6.07 Å². The first-order valence-electron chi connectivity index (χ1n) is 6.23. The van der Waals surface area contributed by atoms with Crippen LogP contribution in [0.5, 0.6) is 0 Å². The first-order valence-corrected chi connectivity index (χ1v) is 6.23. The molecule has 1 saturated heterocycles. The van der Waals surface area contributed by atoms with Gasteiger partial charge in [0.1, 0.15) is 0 Å². The maximum atomic E-state index is 12.7. The lowest BCUT2D eigenvalue weighted by atomic mass is 9.99. The van der Waals surface area contributed by atoms with Crippen LogP contribution in [0, 0.1) is 5.92 Å². The number of halogens is 3. The standard InChI is InChI=1S/C13H15F3N2O2/c14-13(15,16)10-7-9(1-2-11(10)17)18-12(19)8-3-5-20-6-4-8/h1-2,7-8H,3-6,17H2,(H,18,19). The number of amides is 1. The molecular weight excluding hydrogens is 273 g/mol. The molecule has 3 N–H and O–H groups in total. The first-order chi connectivity index (χ1) is 9.38. The summed E-state index contributed by atoms with van der Waals surface area (Å²) in [4.78, 5) is 11.9. The van der Waals surface area contributed by atoms with E-state index in [1.807, 2.05) is 0 Å². The van der Waals surface area contributed by atoms with Gasteiger partial charge in [0.05, 0.1) is 5.56 Å². The summed E-state index contributed by atoms with van der Waals surface area (Å²) in [5, 5.41) is 2.50. The summed E-state index contributed by atoms with van der Waals surface area (Å²) < 4.78 is 43.3. The molecule has 4 nitrogen and oxygen atoms in total. The van der Waals surface area contributed by atoms with Crippen LogP contribution in [0.3, 0.4) is 0 Å². The smallest absolute Gasteiger partial charge is 0.398 e. The van der Waals surface area contributed by atoms with Crippen LogP contribution >= 0.6 is 0 Å². The van der Waals surface area contributed by atoms with Gasteiger partial charge in [0.15, 0.2) is 0 Å². The zero-order chi connectivity index (χ0) is 14.8. The average molecular weight is 288 g/mol. The van der Waals surface area contributed by atoms with Crippen molar-refractivity contribution >= 4 is 17.3 Å². The lowest BCUT2D eigenvalue weighted by Gasteiger charge is -2.21. The van der Waals surface area contributed by atoms with E-state index in [1.54, 1.807) is 0 Å². The van der Waals surface area contributed by atoms with E-state index in [0.29, 0.717) is 26.1 Å². The molecule has 7 heteroatoms. The Hall–Kier alpha value is -1.76. The van der Waals surface area contributed by atoms with Crippen molar-refractivity contribution in [1.82, 2.24) is 0 Å². The van der Waals surface area contributed by atoms with Crippen LogP contribution in [0.2, 0.25) is 0 Å². The number of hydrogen-bond acceptors (Lipinski definition) is 3. The van der Waals surface area contributed by atoms with Crippen molar-refractivity contribution in [2.24, 2.45) is 5.92 Å². The fraction of sp³-hybridized carbons (Fsp3) is 0.462. The maximum absolute atomic E-state index is 12.7. The highest BCUT2D eigenvalue weighted by molar-refractivity contribution is 5.92. The molecule has 1 amide bonds. The zero-order valence-electron chi connectivity index (χ0n) is 10.7. The second-order valence-corrected chi connectivity index (χ2v) is 4.68. The van der Waals surface area contributed by atoms with Gasteiger partial charge in [0.25, 0.3) is 0 Å². The number of rotatable bonds is 2. The summed E-state index contributed by atoms with van der Waals surface area (Å²) in [6.07, 6.45) is -3.39. The van der Waals surface area contributed by atoms with Crippen molar-refractivity contribution in [3.63, 3.8) is 0 Å². The van der Waals surface area contributed by atoms with Gasteiger partial charge in [-0.2, -0.15) is 13.2 Å². The van der Waals surface area contributed by atoms with E-state index in [-0.39, 0.29) is 23.2 Å². The topological polar surface area (TPSA) is 64.3 Å². The van der Waals surface area contributed by atoms with Crippen LogP contribution in [0.15, 0.2) is 18.2 Å². The van der Waals surface area contributed by atoms with Gasteiger partial charge in [0.2, 0.25) is 5.91 Å². The molecule has 0 aliphatic carbocycles. The number of carbonyl (C=O) groups is 1. The zero-order valence-corrected chi connectivity index (χ0v) is 10.7. The molecule has 0 atom stereocenters. The Morgan fingerprint density at radius 2 is 1.95 bits per heavy atom. The molecule has 20 heavy (non-hydrogen) atoms. The largest absolute Gasteiger partial charge is 0.418 e. The SMILES string of the molecule is Nc1ccc(NC(=O)C2CCOCC2)cc1C(F)(F)F. The molecule has 0 radical (unpaired) electrons. The summed E-state index contributed by atoms with van der Waals surface area (Å²) in [6.45, 7) is 0.987. The molecule has 1 aromatic carbocycles. The number of hydrogen-bond donors (Lipinski definition) is 2. The van der Waals surface area contributed by atoms with Crippen molar-refractivity contribution < 1.29 is 22.7 Å². The third kappa shape index (κ3) is 3.41. The van der Waals surface area contributed by atoms with Crippen molar-refractivity contribution in [3.8, 4) is 0 Å². The molecule has 2 rings (SSSR count). The monoisotopic (exact) mass is 288 g/mol. The fourth-order valence-corrected chi connectivity index (χ4v) is 2.08. The molecule has 0 aromatic heterocycles. The first kappa shape index (κ1) is 14.6. The van der Waals surface area contributed by atoms with Gasteiger partial charge in [-0.15, -0.1) is 0 Å². The molecule has 1 aromatic rings. The van der Waals surface area contributed by atoms with Gasteiger partial charge in [-0.05, 0) is 31.0 Å². The minimum Gasteiger partial charge on any atom is -0.398 e. The third-order valence-electron chi connectivity index (χ3n) is 3.22. The second-order valence-electron chi connectivity index (χ2n) is 4.68. The normalized spacial score (nSPS) is 16.9. The van der Waals surface area contributed by atoms with Crippen molar-refractivity contribution in [2.45, 2.75) is 19.0 Å². The van der Waals surface area contributed by atoms with E-state index in [2.05, 4.69) is 5.32 Å². The van der Waals surface area contributed by atoms with Gasteiger partial charge >= 0.3 is 6.18 Å². The summed E-state index contributed by atoms with van der Waals surface area (Å²) >= 11 is 0. The molecule has 0 spiro atoms. The minimum absolute atomic E-state index is 0.100. The van der Waals surface area contributed by atoms with Crippen molar-refractivity contribution in [2.75, 3.05) is 24.3 Å². The Bertz CT molecular complexity index is 497. The van der Waals surface area contributed by atoms with Crippen LogP contribution < -0.4 is 11.1 Å². The summed E-state index contributed by atoms with van der Waals surface area (Å²) in [5.41, 5.74) is 4.10. The molecular formula is C13H15F3N2O2. The highest BCUT2D eigenvalue weighted by atomic mass is 19.4. The van der Waals surface area contributed by atoms with Gasteiger partial charge in [-0.1, -0.05) is 0 Å². The van der Waals surface area contributed by atoms with Gasteiger partial charge in [-0.3, -0.25) is 4.79 Å². The number of nitrogens with one attached hydrogen (secondary N) is 1. The highest BCUT2D eigenvalue weighted by Crippen LogP contribution is 2.35. The van der Waals surface area contributed by atoms with Crippen LogP contribution in [-0.2, 0) is 15.7 Å². The Kier molecular flexibility index (Phi) is 4.17. The number of carbonyl (C=O) groups excluding carboxylic acids is 1. The second kappa shape index (κ2) is 5.70. The molecule has 110 valence electrons. The average Bonchev–Trinajstić information content (AvgIpc) is 2.40. The Morgan fingerprint density at radius 1 is 1.30 bits per heavy atom. The van der Waals surface area contributed by atoms with Crippen molar-refractivity contribution in [1.29, 1.82) is 0 Å². The number of ether oxygens (including phenoxy) is 1. The van der Waals surface area contributed by atoms with Crippen LogP contribution in [0.1, 0.15) is 18.4 Å². The van der Waals surface area contributed by atoms with Crippen LogP contribution in [-0.4, -0.2) is 19.1 Å². The summed E-state index contributed by atoms with van der Waals surface area (Å²) in [5.74, 6) is -0.512. The van der Waals surface area contributed by atoms with Gasteiger partial charge < -0.3 is 15.8 Å². The van der Waals surface area contributed by atoms with Crippen molar-refractivity contribution in [3.05, 3.63) is 23.8 Å². The van der Waals surface area contributed by atoms with E-state index in [0.717, 1.165) is 12.1 Å². The predicted molar refractivity (Wildman–Crippen MR) is 68.0 cm³/mol. The number of nitrogens with two attached hydrogens (primary N) is 1. The Morgan fingerprint density at radius 3 is 2.55 bits per heavy atom. The molecule has 1 fully saturated rings. The lowest BCUT2D eigenvalue weighted by Crippen LogP contribution is -2.28. The maximum Gasteiger partial charge on any atom is 0.418 e. The number of alkyl halides is 3. The molecule has 0 saturated carbocycles. The summed E-state index contributed by atoms with van der Waals surface area (Å²) in [7, 11) is 0. The fourth-order valence-electron chi connectivity index (χ4n) is 2.08. The van der Waals surface area contributed by atoms with E-state index in [4.69, 9.17) is 10.5 Å².